The Hall–Kier alpha value is -2.54. The van der Waals surface area contributed by atoms with E-state index in [0.29, 0.717) is 29.1 Å². The number of nitrogens with one attached hydrogen (secondary N) is 2. The molecule has 0 radical (unpaired) electrons. The summed E-state index contributed by atoms with van der Waals surface area (Å²) in [5.74, 6) is 0.447. The number of hydrogen-bond acceptors (Lipinski definition) is 4. The number of rotatable bonds is 6. The molecule has 1 amide bonds. The summed E-state index contributed by atoms with van der Waals surface area (Å²) < 4.78 is 32.6. The smallest absolute Gasteiger partial charge is 0.261 e. The number of amides is 1. The van der Waals surface area contributed by atoms with E-state index in [-0.39, 0.29) is 10.8 Å². The summed E-state index contributed by atoms with van der Waals surface area (Å²) in [6.07, 6.45) is 0.348. The van der Waals surface area contributed by atoms with Gasteiger partial charge in [-0.3, -0.25) is 9.52 Å². The minimum Gasteiger partial charge on any atom is -0.497 e. The number of benzene rings is 2. The number of anilines is 2. The molecule has 2 N–H and O–H groups in total. The quantitative estimate of drug-likeness (QED) is 0.840. The lowest BCUT2D eigenvalue weighted by molar-refractivity contribution is -0.115. The van der Waals surface area contributed by atoms with Crippen LogP contribution in [-0.4, -0.2) is 21.4 Å². The van der Waals surface area contributed by atoms with Crippen molar-refractivity contribution in [3.05, 3.63) is 48.0 Å². The van der Waals surface area contributed by atoms with Gasteiger partial charge in [0.25, 0.3) is 10.0 Å². The fourth-order valence-corrected chi connectivity index (χ4v) is 3.20. The second kappa shape index (κ2) is 7.35. The Morgan fingerprint density at radius 1 is 1.08 bits per heavy atom. The molecule has 0 bridgehead atoms. The highest BCUT2D eigenvalue weighted by Gasteiger charge is 2.16. The van der Waals surface area contributed by atoms with Crippen LogP contribution in [0.25, 0.3) is 0 Å². The van der Waals surface area contributed by atoms with E-state index >= 15 is 0 Å². The zero-order valence-corrected chi connectivity index (χ0v) is 14.6. The molecule has 7 heteroatoms. The molecule has 6 nitrogen and oxygen atoms in total. The van der Waals surface area contributed by atoms with Crippen molar-refractivity contribution in [2.24, 2.45) is 0 Å². The predicted octanol–water partition coefficient (Wildman–Crippen LogP) is 3.15. The van der Waals surface area contributed by atoms with E-state index < -0.39 is 10.0 Å². The Balaban J connectivity index is 2.29. The molecule has 0 unspecified atom stereocenters. The van der Waals surface area contributed by atoms with Crippen molar-refractivity contribution in [3.8, 4) is 5.75 Å². The number of sulfonamides is 1. The Morgan fingerprint density at radius 3 is 2.29 bits per heavy atom. The van der Waals surface area contributed by atoms with Crippen LogP contribution < -0.4 is 14.8 Å². The van der Waals surface area contributed by atoms with Crippen molar-refractivity contribution < 1.29 is 17.9 Å². The lowest BCUT2D eigenvalue weighted by Crippen LogP contribution is -2.15. The molecule has 0 aliphatic carbocycles. The second-order valence-electron chi connectivity index (χ2n) is 5.16. The van der Waals surface area contributed by atoms with Gasteiger partial charge in [0.05, 0.1) is 17.7 Å². The molecule has 0 saturated heterocycles. The van der Waals surface area contributed by atoms with E-state index in [4.69, 9.17) is 4.74 Å². The van der Waals surface area contributed by atoms with Gasteiger partial charge in [-0.25, -0.2) is 8.42 Å². The first kappa shape index (κ1) is 17.8. The van der Waals surface area contributed by atoms with Crippen LogP contribution in [-0.2, 0) is 14.8 Å². The van der Waals surface area contributed by atoms with Crippen molar-refractivity contribution in [1.82, 2.24) is 0 Å². The maximum Gasteiger partial charge on any atom is 0.261 e. The minimum atomic E-state index is -3.73. The Kier molecular flexibility index (Phi) is 5.46. The minimum absolute atomic E-state index is 0.130. The van der Waals surface area contributed by atoms with E-state index in [0.717, 1.165) is 0 Å². The third kappa shape index (κ3) is 4.05. The third-order valence-electron chi connectivity index (χ3n) is 3.54. The van der Waals surface area contributed by atoms with Crippen LogP contribution in [0.15, 0.2) is 47.4 Å². The molecular formula is C17H20N2O4S. The van der Waals surface area contributed by atoms with E-state index in [1.54, 1.807) is 44.2 Å². The average Bonchev–Trinajstić information content (AvgIpc) is 2.58. The Labute approximate surface area is 141 Å². The fourth-order valence-electron chi connectivity index (χ4n) is 2.08. The molecule has 0 atom stereocenters. The monoisotopic (exact) mass is 348 g/mol. The molecule has 0 aliphatic rings. The molecule has 0 spiro atoms. The number of carbonyl (C=O) groups excluding carboxylic acids is 1. The highest BCUT2D eigenvalue weighted by Crippen LogP contribution is 2.26. The molecule has 0 fully saturated rings. The van der Waals surface area contributed by atoms with Gasteiger partial charge in [-0.05, 0) is 48.9 Å². The van der Waals surface area contributed by atoms with Crippen molar-refractivity contribution in [2.45, 2.75) is 25.2 Å². The van der Waals surface area contributed by atoms with Crippen LogP contribution >= 0.6 is 0 Å². The predicted molar refractivity (Wildman–Crippen MR) is 93.9 cm³/mol. The molecule has 2 rings (SSSR count). The first-order valence-corrected chi connectivity index (χ1v) is 8.92. The molecule has 0 heterocycles. The molecule has 2 aromatic rings. The molecule has 128 valence electrons. The number of hydrogen-bond donors (Lipinski definition) is 2. The van der Waals surface area contributed by atoms with Crippen LogP contribution in [0.4, 0.5) is 11.4 Å². The average molecular weight is 348 g/mol. The first-order chi connectivity index (χ1) is 11.4. The van der Waals surface area contributed by atoms with Crippen molar-refractivity contribution in [2.75, 3.05) is 17.1 Å². The summed E-state index contributed by atoms with van der Waals surface area (Å²) in [6, 6.07) is 11.2. The van der Waals surface area contributed by atoms with Gasteiger partial charge in [0.15, 0.2) is 0 Å². The normalized spacial score (nSPS) is 11.0. The number of carbonyl (C=O) groups is 1. The van der Waals surface area contributed by atoms with Gasteiger partial charge in [-0.2, -0.15) is 0 Å². The van der Waals surface area contributed by atoms with Gasteiger partial charge in [0.1, 0.15) is 5.75 Å². The van der Waals surface area contributed by atoms with Gasteiger partial charge in [-0.1, -0.05) is 13.0 Å². The van der Waals surface area contributed by atoms with Gasteiger partial charge in [-0.15, -0.1) is 0 Å². The van der Waals surface area contributed by atoms with Gasteiger partial charge < -0.3 is 10.1 Å². The van der Waals surface area contributed by atoms with Gasteiger partial charge in [0, 0.05) is 12.1 Å². The highest BCUT2D eigenvalue weighted by molar-refractivity contribution is 7.92. The molecular weight excluding hydrogens is 328 g/mol. The summed E-state index contributed by atoms with van der Waals surface area (Å²) in [6.45, 7) is 3.50. The first-order valence-electron chi connectivity index (χ1n) is 7.43. The van der Waals surface area contributed by atoms with E-state index in [1.807, 2.05) is 0 Å². The molecule has 2 aromatic carbocycles. The van der Waals surface area contributed by atoms with E-state index in [1.165, 1.54) is 19.2 Å². The fraction of sp³-hybridized carbons (Fsp3) is 0.235. The summed E-state index contributed by atoms with van der Waals surface area (Å²) in [5.41, 5.74) is 1.65. The van der Waals surface area contributed by atoms with Crippen molar-refractivity contribution >= 4 is 27.3 Å². The largest absolute Gasteiger partial charge is 0.497 e. The number of methoxy groups -OCH3 is 1. The maximum absolute atomic E-state index is 12.5. The Bertz CT molecular complexity index is 830. The third-order valence-corrected chi connectivity index (χ3v) is 4.92. The second-order valence-corrected chi connectivity index (χ2v) is 6.84. The molecule has 0 saturated carbocycles. The SMILES string of the molecule is CCC(=O)Nc1cccc(NS(=O)(=O)c2ccc(OC)cc2)c1C. The topological polar surface area (TPSA) is 84.5 Å². The van der Waals surface area contributed by atoms with Crippen LogP contribution in [0.1, 0.15) is 18.9 Å². The van der Waals surface area contributed by atoms with Crippen LogP contribution in [0.3, 0.4) is 0 Å². The van der Waals surface area contributed by atoms with Gasteiger partial charge >= 0.3 is 0 Å². The van der Waals surface area contributed by atoms with Crippen LogP contribution in [0.2, 0.25) is 0 Å². The lowest BCUT2D eigenvalue weighted by Gasteiger charge is -2.14. The molecule has 0 aliphatic heterocycles. The summed E-state index contributed by atoms with van der Waals surface area (Å²) in [5, 5.41) is 2.75. The molecule has 24 heavy (non-hydrogen) atoms. The van der Waals surface area contributed by atoms with Crippen LogP contribution in [0, 0.1) is 6.92 Å². The summed E-state index contributed by atoms with van der Waals surface area (Å²) in [4.78, 5) is 11.7. The van der Waals surface area contributed by atoms with E-state index in [2.05, 4.69) is 10.0 Å². The van der Waals surface area contributed by atoms with Crippen molar-refractivity contribution in [1.29, 1.82) is 0 Å². The van der Waals surface area contributed by atoms with E-state index in [9.17, 15) is 13.2 Å². The molecule has 0 aromatic heterocycles. The summed E-state index contributed by atoms with van der Waals surface area (Å²) >= 11 is 0. The standard InChI is InChI=1S/C17H20N2O4S/c1-4-17(20)18-15-6-5-7-16(12(15)2)19-24(21,22)14-10-8-13(23-3)9-11-14/h5-11,19H,4H2,1-3H3,(H,18,20). The lowest BCUT2D eigenvalue weighted by atomic mass is 10.1. The van der Waals surface area contributed by atoms with Gasteiger partial charge in [0.2, 0.25) is 5.91 Å². The zero-order valence-electron chi connectivity index (χ0n) is 13.8. The van der Waals surface area contributed by atoms with Crippen molar-refractivity contribution in [3.63, 3.8) is 0 Å². The number of ether oxygens (including phenoxy) is 1. The maximum atomic E-state index is 12.5. The zero-order chi connectivity index (χ0) is 17.7. The van der Waals surface area contributed by atoms with Crippen LogP contribution in [0.5, 0.6) is 5.75 Å². The summed E-state index contributed by atoms with van der Waals surface area (Å²) in [7, 11) is -2.21. The highest BCUT2D eigenvalue weighted by atomic mass is 32.2. The Morgan fingerprint density at radius 2 is 1.71 bits per heavy atom.